The zero-order chi connectivity index (χ0) is 18.9. The maximum Gasteiger partial charge on any atom is 0.329 e. The normalized spacial score (nSPS) is 17.0. The van der Waals surface area contributed by atoms with Gasteiger partial charge in [0.25, 0.3) is 5.91 Å². The fourth-order valence-corrected chi connectivity index (χ4v) is 3.09. The Labute approximate surface area is 153 Å². The van der Waals surface area contributed by atoms with Gasteiger partial charge in [0, 0.05) is 12.5 Å². The molecule has 0 heterocycles. The molecule has 0 unspecified atom stereocenters. The lowest BCUT2D eigenvalue weighted by Crippen LogP contribution is -2.48. The highest BCUT2D eigenvalue weighted by molar-refractivity contribution is 5.87. The van der Waals surface area contributed by atoms with Crippen LogP contribution in [0.5, 0.6) is 0 Å². The smallest absolute Gasteiger partial charge is 0.329 e. The second-order valence-electron chi connectivity index (χ2n) is 6.67. The summed E-state index contributed by atoms with van der Waals surface area (Å²) in [6.07, 6.45) is 4.59. The molecular formula is C19H27N3O4. The molecule has 1 aromatic carbocycles. The van der Waals surface area contributed by atoms with Crippen molar-refractivity contribution in [3.63, 3.8) is 0 Å². The molecule has 0 spiro atoms. The summed E-state index contributed by atoms with van der Waals surface area (Å²) in [4.78, 5) is 35.9. The van der Waals surface area contributed by atoms with E-state index >= 15 is 0 Å². The molecule has 1 fully saturated rings. The Hall–Kier alpha value is -2.57. The van der Waals surface area contributed by atoms with Gasteiger partial charge in [0.2, 0.25) is 0 Å². The van der Waals surface area contributed by atoms with Crippen LogP contribution in [0.4, 0.5) is 4.79 Å². The second kappa shape index (κ2) is 9.79. The summed E-state index contributed by atoms with van der Waals surface area (Å²) in [5.41, 5.74) is 6.01. The highest BCUT2D eigenvalue weighted by atomic mass is 16.5. The largest absolute Gasteiger partial charge is 0.451 e. The number of rotatable bonds is 7. The van der Waals surface area contributed by atoms with Crippen LogP contribution in [0.2, 0.25) is 0 Å². The number of esters is 1. The van der Waals surface area contributed by atoms with Crippen molar-refractivity contribution in [1.29, 1.82) is 0 Å². The molecule has 1 aliphatic rings. The SMILES string of the molecule is C[C@@H](OC(=O)[C@H](Cc1ccccc1)NC(N)=O)C(=O)NC1CCCCC1. The highest BCUT2D eigenvalue weighted by Gasteiger charge is 2.27. The minimum Gasteiger partial charge on any atom is -0.451 e. The first kappa shape index (κ1) is 19.8. The Morgan fingerprint density at radius 3 is 2.42 bits per heavy atom. The van der Waals surface area contributed by atoms with Gasteiger partial charge in [0.05, 0.1) is 0 Å². The van der Waals surface area contributed by atoms with Crippen molar-refractivity contribution in [2.75, 3.05) is 0 Å². The van der Waals surface area contributed by atoms with Crippen molar-refractivity contribution in [2.24, 2.45) is 5.73 Å². The van der Waals surface area contributed by atoms with Crippen molar-refractivity contribution < 1.29 is 19.1 Å². The molecule has 142 valence electrons. The van der Waals surface area contributed by atoms with E-state index in [0.717, 1.165) is 31.2 Å². The van der Waals surface area contributed by atoms with Gasteiger partial charge < -0.3 is 21.1 Å². The van der Waals surface area contributed by atoms with E-state index in [2.05, 4.69) is 10.6 Å². The first-order valence-corrected chi connectivity index (χ1v) is 9.06. The quantitative estimate of drug-likeness (QED) is 0.641. The van der Waals surface area contributed by atoms with E-state index in [9.17, 15) is 14.4 Å². The summed E-state index contributed by atoms with van der Waals surface area (Å²) in [7, 11) is 0. The summed E-state index contributed by atoms with van der Waals surface area (Å²) < 4.78 is 5.27. The molecule has 0 aliphatic heterocycles. The van der Waals surface area contributed by atoms with Crippen LogP contribution in [0.3, 0.4) is 0 Å². The minimum atomic E-state index is -0.945. The van der Waals surface area contributed by atoms with E-state index in [1.54, 1.807) is 0 Å². The Morgan fingerprint density at radius 1 is 1.15 bits per heavy atom. The van der Waals surface area contributed by atoms with Gasteiger partial charge >= 0.3 is 12.0 Å². The zero-order valence-corrected chi connectivity index (χ0v) is 15.1. The van der Waals surface area contributed by atoms with Crippen LogP contribution in [-0.2, 0) is 20.7 Å². The van der Waals surface area contributed by atoms with Crippen molar-refractivity contribution in [3.8, 4) is 0 Å². The molecule has 4 N–H and O–H groups in total. The van der Waals surface area contributed by atoms with Gasteiger partial charge in [-0.1, -0.05) is 49.6 Å². The second-order valence-corrected chi connectivity index (χ2v) is 6.67. The summed E-state index contributed by atoms with van der Waals surface area (Å²) in [6.45, 7) is 1.53. The molecule has 7 nitrogen and oxygen atoms in total. The number of urea groups is 1. The number of benzene rings is 1. The summed E-state index contributed by atoms with van der Waals surface area (Å²) >= 11 is 0. The van der Waals surface area contributed by atoms with Gasteiger partial charge in [0.1, 0.15) is 6.04 Å². The third kappa shape index (κ3) is 6.38. The molecule has 0 radical (unpaired) electrons. The molecule has 1 aliphatic carbocycles. The number of nitrogens with one attached hydrogen (secondary N) is 2. The van der Waals surface area contributed by atoms with E-state index in [1.165, 1.54) is 13.3 Å². The Bertz CT molecular complexity index is 614. The predicted octanol–water partition coefficient (Wildman–Crippen LogP) is 1.65. The standard InChI is InChI=1S/C19H27N3O4/c1-13(17(23)21-15-10-6-3-7-11-15)26-18(24)16(22-19(20)25)12-14-8-4-2-5-9-14/h2,4-5,8-9,13,15-16H,3,6-7,10-12H2,1H3,(H,21,23)(H3,20,22,25)/t13-,16+/m1/s1. The fourth-order valence-electron chi connectivity index (χ4n) is 3.09. The highest BCUT2D eigenvalue weighted by Crippen LogP contribution is 2.17. The number of carbonyl (C=O) groups excluding carboxylic acids is 3. The van der Waals surface area contributed by atoms with Crippen molar-refractivity contribution in [3.05, 3.63) is 35.9 Å². The molecule has 2 atom stereocenters. The number of hydrogen-bond acceptors (Lipinski definition) is 4. The Kier molecular flexibility index (Phi) is 7.44. The Morgan fingerprint density at radius 2 is 1.81 bits per heavy atom. The first-order valence-electron chi connectivity index (χ1n) is 9.06. The molecule has 0 aromatic heterocycles. The molecule has 2 rings (SSSR count). The van der Waals surface area contributed by atoms with Gasteiger partial charge in [-0.2, -0.15) is 0 Å². The molecule has 3 amide bonds. The van der Waals surface area contributed by atoms with E-state index in [-0.39, 0.29) is 18.4 Å². The monoisotopic (exact) mass is 361 g/mol. The van der Waals surface area contributed by atoms with Crippen molar-refractivity contribution in [1.82, 2.24) is 10.6 Å². The van der Waals surface area contributed by atoms with Crippen LogP contribution in [0.15, 0.2) is 30.3 Å². The number of ether oxygens (including phenoxy) is 1. The average molecular weight is 361 g/mol. The Balaban J connectivity index is 1.91. The van der Waals surface area contributed by atoms with Crippen molar-refractivity contribution in [2.45, 2.75) is 63.6 Å². The van der Waals surface area contributed by atoms with Gasteiger partial charge in [0.15, 0.2) is 6.10 Å². The molecule has 26 heavy (non-hydrogen) atoms. The summed E-state index contributed by atoms with van der Waals surface area (Å²) in [6, 6.07) is 7.58. The summed E-state index contributed by atoms with van der Waals surface area (Å²) in [5, 5.41) is 5.31. The molecule has 7 heteroatoms. The van der Waals surface area contributed by atoms with Crippen LogP contribution in [0.25, 0.3) is 0 Å². The first-order chi connectivity index (χ1) is 12.5. The fraction of sp³-hybridized carbons (Fsp3) is 0.526. The molecule has 1 aromatic rings. The topological polar surface area (TPSA) is 111 Å². The zero-order valence-electron chi connectivity index (χ0n) is 15.1. The van der Waals surface area contributed by atoms with Crippen LogP contribution in [0.1, 0.15) is 44.6 Å². The minimum absolute atomic E-state index is 0.140. The van der Waals surface area contributed by atoms with E-state index < -0.39 is 24.1 Å². The molecular weight excluding hydrogens is 334 g/mol. The van der Waals surface area contributed by atoms with E-state index in [1.807, 2.05) is 30.3 Å². The average Bonchev–Trinajstić information content (AvgIpc) is 2.62. The van der Waals surface area contributed by atoms with Crippen molar-refractivity contribution >= 4 is 17.9 Å². The predicted molar refractivity (Wildman–Crippen MR) is 97.2 cm³/mol. The molecule has 0 bridgehead atoms. The lowest BCUT2D eigenvalue weighted by Gasteiger charge is -2.25. The van der Waals surface area contributed by atoms with Crippen LogP contribution in [-0.4, -0.2) is 36.1 Å². The maximum atomic E-state index is 12.4. The van der Waals surface area contributed by atoms with Crippen LogP contribution in [0, 0.1) is 0 Å². The van der Waals surface area contributed by atoms with Crippen LogP contribution < -0.4 is 16.4 Å². The number of amides is 3. The lowest BCUT2D eigenvalue weighted by atomic mass is 9.95. The molecule has 1 saturated carbocycles. The van der Waals surface area contributed by atoms with E-state index in [4.69, 9.17) is 10.5 Å². The van der Waals surface area contributed by atoms with E-state index in [0.29, 0.717) is 0 Å². The number of carbonyl (C=O) groups is 3. The van der Waals surface area contributed by atoms with Gasteiger partial charge in [-0.15, -0.1) is 0 Å². The maximum absolute atomic E-state index is 12.4. The lowest BCUT2D eigenvalue weighted by molar-refractivity contribution is -0.156. The number of primary amides is 1. The van der Waals surface area contributed by atoms with Crippen LogP contribution >= 0.6 is 0 Å². The third-order valence-corrected chi connectivity index (χ3v) is 4.50. The molecule has 0 saturated heterocycles. The number of nitrogens with two attached hydrogens (primary N) is 1. The summed E-state index contributed by atoms with van der Waals surface area (Å²) in [5.74, 6) is -0.998. The van der Waals surface area contributed by atoms with Gasteiger partial charge in [-0.05, 0) is 25.3 Å². The number of hydrogen-bond donors (Lipinski definition) is 3. The van der Waals surface area contributed by atoms with Gasteiger partial charge in [-0.3, -0.25) is 4.79 Å². The third-order valence-electron chi connectivity index (χ3n) is 4.50. The van der Waals surface area contributed by atoms with Gasteiger partial charge in [-0.25, -0.2) is 9.59 Å².